The Morgan fingerprint density at radius 3 is 2.12 bits per heavy atom. The predicted molar refractivity (Wildman–Crippen MR) is 167 cm³/mol. The molecule has 1 aliphatic heterocycles. The van der Waals surface area contributed by atoms with Crippen LogP contribution >= 0.6 is 0 Å². The topological polar surface area (TPSA) is 113 Å². The highest BCUT2D eigenvalue weighted by Crippen LogP contribution is 2.26. The lowest BCUT2D eigenvalue weighted by Gasteiger charge is -2.30. The van der Waals surface area contributed by atoms with Crippen molar-refractivity contribution in [1.29, 1.82) is 0 Å². The van der Waals surface area contributed by atoms with Crippen LogP contribution < -0.4 is 10.6 Å². The molecule has 1 aliphatic rings. The van der Waals surface area contributed by atoms with Crippen molar-refractivity contribution in [2.75, 3.05) is 23.7 Å². The molecule has 1 heterocycles. The molecule has 220 valence electrons. The third-order valence-electron chi connectivity index (χ3n) is 7.50. The maximum atomic E-state index is 13.4. The van der Waals surface area contributed by atoms with Crippen LogP contribution in [0.4, 0.5) is 11.4 Å². The van der Waals surface area contributed by atoms with Crippen LogP contribution in [0.15, 0.2) is 102 Å². The molecule has 1 atom stereocenters. The van der Waals surface area contributed by atoms with Crippen molar-refractivity contribution in [1.82, 2.24) is 4.31 Å². The van der Waals surface area contributed by atoms with Crippen LogP contribution in [0.1, 0.15) is 62.0 Å². The molecule has 2 N–H and O–H groups in total. The van der Waals surface area contributed by atoms with E-state index in [1.54, 1.807) is 66.7 Å². The number of sulfonamides is 1. The maximum Gasteiger partial charge on any atom is 0.257 e. The van der Waals surface area contributed by atoms with Gasteiger partial charge in [-0.2, -0.15) is 4.31 Å². The van der Waals surface area contributed by atoms with Gasteiger partial charge in [-0.05, 0) is 74.2 Å². The summed E-state index contributed by atoms with van der Waals surface area (Å²) in [5.74, 6) is -0.917. The van der Waals surface area contributed by atoms with Gasteiger partial charge in [0.1, 0.15) is 0 Å². The number of anilines is 2. The minimum Gasteiger partial charge on any atom is -0.321 e. The quantitative estimate of drug-likeness (QED) is 0.237. The Balaban J connectivity index is 1.33. The molecule has 4 aromatic rings. The van der Waals surface area contributed by atoms with E-state index < -0.39 is 21.8 Å². The van der Waals surface area contributed by atoms with E-state index in [9.17, 15) is 22.8 Å². The zero-order valence-corrected chi connectivity index (χ0v) is 24.9. The first-order valence-electron chi connectivity index (χ1n) is 14.2. The molecule has 0 aromatic heterocycles. The fraction of sp³-hybridized carbons (Fsp3) is 0.206. The molecular formula is C34H33N3O5S. The molecule has 2 amide bonds. The fourth-order valence-electron chi connectivity index (χ4n) is 5.17. The summed E-state index contributed by atoms with van der Waals surface area (Å²) in [7, 11) is -3.65. The summed E-state index contributed by atoms with van der Waals surface area (Å²) >= 11 is 0. The molecule has 0 saturated carbocycles. The molecule has 43 heavy (non-hydrogen) atoms. The van der Waals surface area contributed by atoms with Crippen molar-refractivity contribution in [3.63, 3.8) is 0 Å². The number of amides is 2. The highest BCUT2D eigenvalue weighted by Gasteiger charge is 2.29. The van der Waals surface area contributed by atoms with E-state index in [1.165, 1.54) is 28.6 Å². The molecule has 1 unspecified atom stereocenters. The van der Waals surface area contributed by atoms with Crippen LogP contribution in [0, 0.1) is 12.8 Å². The SMILES string of the molecule is Cc1ccc(NC(=O)c2ccccc2NC(=O)c2ccc(S(=O)(=O)N3CCCC(C)C3)cc2)c(C(=O)c2ccccc2)c1. The molecule has 0 radical (unpaired) electrons. The lowest BCUT2D eigenvalue weighted by molar-refractivity contribution is 0.102. The zero-order valence-electron chi connectivity index (χ0n) is 24.0. The van der Waals surface area contributed by atoms with E-state index >= 15 is 0 Å². The first kappa shape index (κ1) is 29.9. The third kappa shape index (κ3) is 6.74. The van der Waals surface area contributed by atoms with Gasteiger partial charge in [-0.25, -0.2) is 8.42 Å². The fourth-order valence-corrected chi connectivity index (χ4v) is 6.76. The van der Waals surface area contributed by atoms with Gasteiger partial charge in [0, 0.05) is 29.8 Å². The zero-order chi connectivity index (χ0) is 30.6. The summed E-state index contributed by atoms with van der Waals surface area (Å²) in [5, 5.41) is 5.60. The molecule has 0 spiro atoms. The number of carbonyl (C=O) groups excluding carboxylic acids is 3. The summed E-state index contributed by atoms with van der Waals surface area (Å²) in [4.78, 5) is 40.0. The number of carbonyl (C=O) groups is 3. The minimum absolute atomic E-state index is 0.136. The van der Waals surface area contributed by atoms with E-state index in [4.69, 9.17) is 0 Å². The van der Waals surface area contributed by atoms with Crippen molar-refractivity contribution >= 4 is 39.0 Å². The smallest absolute Gasteiger partial charge is 0.257 e. The maximum absolute atomic E-state index is 13.4. The van der Waals surface area contributed by atoms with Gasteiger partial charge in [-0.15, -0.1) is 0 Å². The lowest BCUT2D eigenvalue weighted by Crippen LogP contribution is -2.39. The Bertz CT molecular complexity index is 1770. The summed E-state index contributed by atoms with van der Waals surface area (Å²) in [6.45, 7) is 4.87. The monoisotopic (exact) mass is 595 g/mol. The second-order valence-electron chi connectivity index (χ2n) is 10.8. The second-order valence-corrected chi connectivity index (χ2v) is 12.8. The first-order chi connectivity index (χ1) is 20.6. The highest BCUT2D eigenvalue weighted by molar-refractivity contribution is 7.89. The van der Waals surface area contributed by atoms with Gasteiger partial charge in [0.2, 0.25) is 10.0 Å². The van der Waals surface area contributed by atoms with E-state index in [-0.39, 0.29) is 27.5 Å². The predicted octanol–water partition coefficient (Wildman–Crippen LogP) is 6.15. The van der Waals surface area contributed by atoms with Crippen LogP contribution in [-0.2, 0) is 10.0 Å². The van der Waals surface area contributed by atoms with Crippen molar-refractivity contribution in [2.45, 2.75) is 31.6 Å². The largest absolute Gasteiger partial charge is 0.321 e. The molecule has 1 saturated heterocycles. The van der Waals surface area contributed by atoms with Crippen LogP contribution in [0.3, 0.4) is 0 Å². The minimum atomic E-state index is -3.65. The lowest BCUT2D eigenvalue weighted by atomic mass is 9.99. The van der Waals surface area contributed by atoms with Gasteiger partial charge in [-0.3, -0.25) is 14.4 Å². The van der Waals surface area contributed by atoms with Crippen molar-refractivity contribution in [2.24, 2.45) is 5.92 Å². The van der Waals surface area contributed by atoms with Crippen LogP contribution in [0.2, 0.25) is 0 Å². The molecule has 4 aromatic carbocycles. The highest BCUT2D eigenvalue weighted by atomic mass is 32.2. The Morgan fingerprint density at radius 1 is 0.744 bits per heavy atom. The van der Waals surface area contributed by atoms with E-state index in [2.05, 4.69) is 10.6 Å². The average molecular weight is 596 g/mol. The summed E-state index contributed by atoms with van der Waals surface area (Å²) < 4.78 is 27.7. The Kier molecular flexibility index (Phi) is 8.84. The van der Waals surface area contributed by atoms with E-state index in [0.717, 1.165) is 18.4 Å². The molecule has 0 aliphatic carbocycles. The summed E-state index contributed by atoms with van der Waals surface area (Å²) in [6.07, 6.45) is 1.82. The second kappa shape index (κ2) is 12.7. The number of para-hydroxylation sites is 1. The normalized spacial score (nSPS) is 15.4. The summed E-state index contributed by atoms with van der Waals surface area (Å²) in [6, 6.07) is 26.4. The number of hydrogen-bond donors (Lipinski definition) is 2. The number of piperidine rings is 1. The van der Waals surface area contributed by atoms with Gasteiger partial charge < -0.3 is 10.6 Å². The van der Waals surface area contributed by atoms with Gasteiger partial charge in [0.15, 0.2) is 5.78 Å². The van der Waals surface area contributed by atoms with Gasteiger partial charge in [0.25, 0.3) is 11.8 Å². The number of hydrogen-bond acceptors (Lipinski definition) is 5. The molecule has 5 rings (SSSR count). The average Bonchev–Trinajstić information content (AvgIpc) is 3.02. The Morgan fingerprint density at radius 2 is 1.40 bits per heavy atom. The molecule has 9 heteroatoms. The van der Waals surface area contributed by atoms with Gasteiger partial charge in [-0.1, -0.05) is 61.0 Å². The van der Waals surface area contributed by atoms with Crippen molar-refractivity contribution in [3.8, 4) is 0 Å². The molecule has 1 fully saturated rings. The first-order valence-corrected chi connectivity index (χ1v) is 15.6. The van der Waals surface area contributed by atoms with Gasteiger partial charge >= 0.3 is 0 Å². The standard InChI is InChI=1S/C34H33N3O5S/c1-23-14-19-31(29(21-23)32(38)25-10-4-3-5-11-25)36-34(40)28-12-6-7-13-30(28)35-33(39)26-15-17-27(18-16-26)43(41,42)37-20-8-9-24(2)22-37/h3-7,10-19,21,24H,8-9,20,22H2,1-2H3,(H,35,39)(H,36,40). The third-order valence-corrected chi connectivity index (χ3v) is 9.38. The number of aryl methyl sites for hydroxylation is 1. The van der Waals surface area contributed by atoms with Crippen molar-refractivity contribution < 1.29 is 22.8 Å². The van der Waals surface area contributed by atoms with E-state index in [0.29, 0.717) is 35.8 Å². The molecule has 8 nitrogen and oxygen atoms in total. The van der Waals surface area contributed by atoms with Crippen LogP contribution in [-0.4, -0.2) is 43.4 Å². The number of benzene rings is 4. The molecule has 0 bridgehead atoms. The van der Waals surface area contributed by atoms with Crippen LogP contribution in [0.25, 0.3) is 0 Å². The van der Waals surface area contributed by atoms with Gasteiger partial charge in [0.05, 0.1) is 21.8 Å². The number of nitrogens with one attached hydrogen (secondary N) is 2. The van der Waals surface area contributed by atoms with Crippen LogP contribution in [0.5, 0.6) is 0 Å². The molecular weight excluding hydrogens is 562 g/mol. The number of ketones is 1. The Hall–Kier alpha value is -4.60. The number of rotatable bonds is 8. The van der Waals surface area contributed by atoms with Crippen molar-refractivity contribution in [3.05, 3.63) is 125 Å². The Labute approximate surface area is 251 Å². The number of nitrogens with zero attached hydrogens (tertiary/aromatic N) is 1. The van der Waals surface area contributed by atoms with E-state index in [1.807, 2.05) is 19.9 Å². The summed E-state index contributed by atoms with van der Waals surface area (Å²) in [5.41, 5.74) is 2.80.